The zero-order chi connectivity index (χ0) is 74.0. The molecule has 30 heteroatoms. The number of alkyl carbamates (subject to hydrolysis) is 1. The first-order valence-corrected chi connectivity index (χ1v) is 34.3. The molecule has 10 rings (SSSR count). The number of aliphatic hydroxyl groups is 1. The summed E-state index contributed by atoms with van der Waals surface area (Å²) >= 11 is 0. The summed E-state index contributed by atoms with van der Waals surface area (Å²) in [6.07, 6.45) is -1.85. The smallest absolute Gasteiger partial charge is 0.416 e. The summed E-state index contributed by atoms with van der Waals surface area (Å²) in [6, 6.07) is 24.9. The predicted octanol–water partition coefficient (Wildman–Crippen LogP) is 7.29. The number of nitrogens with zero attached hydrogens (tertiary/aromatic N) is 5. The van der Waals surface area contributed by atoms with Gasteiger partial charge in [-0.3, -0.25) is 38.5 Å². The minimum absolute atomic E-state index is 0.00426. The van der Waals surface area contributed by atoms with E-state index in [4.69, 9.17) is 38.0 Å². The number of hydrogen-bond acceptors (Lipinski definition) is 20. The SMILES string of the molecule is B[C@H](NC(=O)CCC(=O)ON1C(=O)CCC1=O)C(=O)N[C@@H](CCCCNC(=O)OC(C)(C)C)C(=O)Nc1ccc(COC(=O)N2c3cc(OCCCCCOc4cc5c(cc4OC)C(=O)N4c6ccccc6C[C@H]4CN5C(=O)OC(C)(C)C)c(OC)cc3C(=O)N3c4ccccc4C[C@H]3C2O)cc1. The molecule has 0 spiro atoms. The molecule has 0 saturated carbocycles. The molecule has 5 heterocycles. The predicted molar refractivity (Wildman–Crippen MR) is 377 cm³/mol. The summed E-state index contributed by atoms with van der Waals surface area (Å²) in [6.45, 7) is 10.9. The molecule has 5 aromatic carbocycles. The molecular weight excluding hydrogens is 1330 g/mol. The minimum atomic E-state index is -1.63. The highest BCUT2D eigenvalue weighted by Crippen LogP contribution is 2.46. The van der Waals surface area contributed by atoms with E-state index < -0.39 is 108 Å². The largest absolute Gasteiger partial charge is 0.493 e. The molecule has 0 radical (unpaired) electrons. The molecule has 546 valence electrons. The molecule has 0 bridgehead atoms. The van der Waals surface area contributed by atoms with Crippen molar-refractivity contribution in [2.45, 2.75) is 167 Å². The number of amides is 10. The number of anilines is 5. The number of benzene rings is 5. The molecule has 1 saturated heterocycles. The number of unbranched alkanes of at least 4 members (excludes halogenated alkanes) is 3. The van der Waals surface area contributed by atoms with Crippen molar-refractivity contribution in [2.24, 2.45) is 0 Å². The van der Waals surface area contributed by atoms with Gasteiger partial charge >= 0.3 is 24.2 Å². The van der Waals surface area contributed by atoms with E-state index in [2.05, 4.69) is 21.3 Å². The number of para-hydroxylation sites is 2. The number of aliphatic hydroxyl groups excluding tert-OH is 1. The molecule has 103 heavy (non-hydrogen) atoms. The average molecular weight is 1420 g/mol. The lowest BCUT2D eigenvalue weighted by molar-refractivity contribution is -0.197. The summed E-state index contributed by atoms with van der Waals surface area (Å²) in [7, 11) is 4.27. The Labute approximate surface area is 596 Å². The number of hydrogen-bond donors (Lipinski definition) is 5. The van der Waals surface area contributed by atoms with E-state index in [9.17, 15) is 57.8 Å². The van der Waals surface area contributed by atoms with Crippen LogP contribution in [0.3, 0.4) is 0 Å². The third kappa shape index (κ3) is 18.1. The topological polar surface area (TPSA) is 346 Å². The number of nitrogens with one attached hydrogen (secondary N) is 4. The number of fused-ring (bicyclic) bond motifs is 8. The van der Waals surface area contributed by atoms with Crippen molar-refractivity contribution in [3.63, 3.8) is 0 Å². The highest BCUT2D eigenvalue weighted by Gasteiger charge is 2.48. The number of rotatable bonds is 26. The van der Waals surface area contributed by atoms with E-state index in [1.165, 1.54) is 44.0 Å². The fourth-order valence-corrected chi connectivity index (χ4v) is 12.6. The second-order valence-corrected chi connectivity index (χ2v) is 27.5. The van der Waals surface area contributed by atoms with Crippen LogP contribution in [-0.2, 0) is 67.3 Å². The summed E-state index contributed by atoms with van der Waals surface area (Å²) in [5.41, 5.74) is 2.92. The Balaban J connectivity index is 0.779. The van der Waals surface area contributed by atoms with Gasteiger partial charge in [0.2, 0.25) is 17.7 Å². The normalized spacial score (nSPS) is 17.2. The van der Waals surface area contributed by atoms with Crippen LogP contribution in [0.5, 0.6) is 23.0 Å². The van der Waals surface area contributed by atoms with Crippen molar-refractivity contribution in [1.29, 1.82) is 0 Å². The Kier molecular flexibility index (Phi) is 23.5. The monoisotopic (exact) mass is 1420 g/mol. The average Bonchev–Trinajstić information content (AvgIpc) is 1.60. The molecule has 5 aliphatic heterocycles. The van der Waals surface area contributed by atoms with E-state index in [1.54, 1.807) is 95.0 Å². The summed E-state index contributed by atoms with van der Waals surface area (Å²) < 4.78 is 41.3. The first-order valence-electron chi connectivity index (χ1n) is 34.3. The van der Waals surface area contributed by atoms with Crippen molar-refractivity contribution < 1.29 is 95.8 Å². The Morgan fingerprint density at radius 2 is 1.20 bits per heavy atom. The number of methoxy groups -OCH3 is 2. The lowest BCUT2D eigenvalue weighted by Crippen LogP contribution is -2.53. The molecule has 5 aromatic rings. The zero-order valence-electron chi connectivity index (χ0n) is 59.1. The lowest BCUT2D eigenvalue weighted by Gasteiger charge is -2.32. The third-order valence-electron chi connectivity index (χ3n) is 17.5. The number of ether oxygens (including phenoxy) is 7. The van der Waals surface area contributed by atoms with Crippen molar-refractivity contribution in [1.82, 2.24) is 21.0 Å². The van der Waals surface area contributed by atoms with Crippen LogP contribution in [0.25, 0.3) is 0 Å². The van der Waals surface area contributed by atoms with Gasteiger partial charge in [-0.15, -0.1) is 5.06 Å². The standard InChI is InChI=1S/C73H86BN9O20/c1-72(2,3)101-69(93)75-31-15-14-20-49(77-65(89)63(74)78-59(84)27-30-62(87)103-83-60(85)28-29-61(83)86)64(88)76-45-25-23-42(24-26-45)41-100-71(95)82-53-39-58(56(97-8)37-48(53)67(91)81-51-22-13-11-19-44(51)35-54(81)68(82)92)99-33-17-9-16-32-98-57-38-52-47(36-55(57)96-7)66(90)80-46(34-43-18-10-12-21-50(43)80)40-79(52)70(94)102-73(4,5)6/h10-13,18-19,21-26,36-39,46,49,54,63,68,92H,9,14-17,20,27-35,40-41,74H2,1-8H3,(H,75,93)(H,76,88)(H,77,89)(H,78,84)/t46-,49-,54-,63+,68?/m0/s1. The number of hydroxylamine groups is 2. The van der Waals surface area contributed by atoms with Crippen LogP contribution in [0.2, 0.25) is 0 Å². The molecule has 0 aromatic heterocycles. The summed E-state index contributed by atoms with van der Waals surface area (Å²) in [4.78, 5) is 157. The van der Waals surface area contributed by atoms with Crippen LogP contribution in [0.1, 0.15) is 143 Å². The van der Waals surface area contributed by atoms with E-state index >= 15 is 0 Å². The molecule has 29 nitrogen and oxygen atoms in total. The number of imide groups is 1. The van der Waals surface area contributed by atoms with Gasteiger partial charge in [0, 0.05) is 55.0 Å². The van der Waals surface area contributed by atoms with Crippen molar-refractivity contribution in [3.05, 3.63) is 125 Å². The zero-order valence-corrected chi connectivity index (χ0v) is 59.1. The maximum Gasteiger partial charge on any atom is 0.416 e. The first-order chi connectivity index (χ1) is 49.1. The van der Waals surface area contributed by atoms with Crippen LogP contribution >= 0.6 is 0 Å². The van der Waals surface area contributed by atoms with Gasteiger partial charge in [0.05, 0.1) is 80.9 Å². The van der Waals surface area contributed by atoms with Crippen LogP contribution in [0.15, 0.2) is 97.1 Å². The molecule has 0 aliphatic carbocycles. The van der Waals surface area contributed by atoms with Crippen LogP contribution < -0.4 is 59.8 Å². The van der Waals surface area contributed by atoms with E-state index in [1.807, 2.05) is 36.4 Å². The van der Waals surface area contributed by atoms with E-state index in [-0.39, 0.29) is 105 Å². The highest BCUT2D eigenvalue weighted by molar-refractivity contribution is 6.25. The van der Waals surface area contributed by atoms with Gasteiger partial charge in [-0.25, -0.2) is 24.1 Å². The quantitative estimate of drug-likeness (QED) is 0.0157. The Morgan fingerprint density at radius 3 is 1.83 bits per heavy atom. The van der Waals surface area contributed by atoms with Crippen LogP contribution in [-0.4, -0.2) is 166 Å². The molecule has 5 atom stereocenters. The van der Waals surface area contributed by atoms with Crippen molar-refractivity contribution in [2.75, 3.05) is 65.4 Å². The van der Waals surface area contributed by atoms with Gasteiger partial charge < -0.3 is 74.2 Å². The fourth-order valence-electron chi connectivity index (χ4n) is 12.6. The second-order valence-electron chi connectivity index (χ2n) is 27.5. The second kappa shape index (κ2) is 32.4. The first kappa shape index (κ1) is 74.8. The third-order valence-corrected chi connectivity index (χ3v) is 17.5. The van der Waals surface area contributed by atoms with Crippen LogP contribution in [0.4, 0.5) is 42.8 Å². The van der Waals surface area contributed by atoms with Gasteiger partial charge in [0.25, 0.3) is 23.6 Å². The van der Waals surface area contributed by atoms with Crippen molar-refractivity contribution >= 4 is 102 Å². The van der Waals surface area contributed by atoms with Crippen LogP contribution in [0, 0.1) is 0 Å². The lowest BCUT2D eigenvalue weighted by atomic mass is 9.94. The van der Waals surface area contributed by atoms with Gasteiger partial charge in [0.1, 0.15) is 31.7 Å². The Bertz CT molecular complexity index is 4070. The summed E-state index contributed by atoms with van der Waals surface area (Å²) in [5, 5.41) is 23.3. The van der Waals surface area contributed by atoms with Crippen molar-refractivity contribution in [3.8, 4) is 23.0 Å². The Morgan fingerprint density at radius 1 is 0.621 bits per heavy atom. The van der Waals surface area contributed by atoms with E-state index in [0.29, 0.717) is 72.0 Å². The summed E-state index contributed by atoms with van der Waals surface area (Å²) in [5.74, 6) is -5.50. The maximum absolute atomic E-state index is 14.8. The Hall–Kier alpha value is -10.9. The molecule has 1 unspecified atom stereocenters. The number of carbonyl (C=O) groups is 11. The molecule has 10 amide bonds. The maximum atomic E-state index is 14.8. The van der Waals surface area contributed by atoms with E-state index in [0.717, 1.165) is 21.7 Å². The number of carbonyl (C=O) groups excluding carboxylic acids is 11. The molecule has 5 N–H and O–H groups in total. The molecule has 5 aliphatic rings. The van der Waals surface area contributed by atoms with Gasteiger partial charge in [0.15, 0.2) is 29.2 Å². The molecular formula is C73H86BN9O20. The van der Waals surface area contributed by atoms with Gasteiger partial charge in [-0.1, -0.05) is 48.5 Å². The fraction of sp³-hybridized carbons (Fsp3) is 0.438. The van der Waals surface area contributed by atoms with Gasteiger partial charge in [-0.05, 0) is 146 Å². The van der Waals surface area contributed by atoms with Gasteiger partial charge in [-0.2, -0.15) is 0 Å². The highest BCUT2D eigenvalue weighted by atomic mass is 16.7. The minimum Gasteiger partial charge on any atom is -0.493 e. The molecule has 1 fully saturated rings.